The van der Waals surface area contributed by atoms with E-state index in [1.807, 2.05) is 0 Å². The van der Waals surface area contributed by atoms with Crippen LogP contribution in [0.15, 0.2) is 0 Å². The zero-order valence-corrected chi connectivity index (χ0v) is 5.27. The highest BCUT2D eigenvalue weighted by Gasteiger charge is 2.60. The van der Waals surface area contributed by atoms with Gasteiger partial charge in [-0.05, 0) is 0 Å². The van der Waals surface area contributed by atoms with Crippen LogP contribution in [-0.2, 0) is 14.2 Å². The van der Waals surface area contributed by atoms with Crippen molar-refractivity contribution < 1.29 is 19.3 Å². The molecule has 0 aromatic heterocycles. The summed E-state index contributed by atoms with van der Waals surface area (Å²) < 4.78 is 15.7. The second-order valence-corrected chi connectivity index (χ2v) is 2.93. The monoisotopic (exact) mass is 144 g/mol. The number of hydrogen-bond acceptors (Lipinski definition) is 4. The van der Waals surface area contributed by atoms with Crippen molar-refractivity contribution in [2.45, 2.75) is 30.7 Å². The molecule has 1 unspecified atom stereocenters. The third-order valence-corrected chi connectivity index (χ3v) is 2.35. The molecule has 0 radical (unpaired) electrons. The van der Waals surface area contributed by atoms with Crippen molar-refractivity contribution in [2.75, 3.05) is 6.61 Å². The number of ether oxygens (including phenoxy) is 3. The molecule has 3 fully saturated rings. The largest absolute Gasteiger partial charge is 0.385 e. The molecule has 0 aromatic rings. The Morgan fingerprint density at radius 1 is 1.20 bits per heavy atom. The molecule has 3 aliphatic rings. The van der Waals surface area contributed by atoms with Gasteiger partial charge in [-0.1, -0.05) is 0 Å². The van der Waals surface area contributed by atoms with E-state index in [4.69, 9.17) is 14.2 Å². The van der Waals surface area contributed by atoms with Crippen molar-refractivity contribution in [1.29, 1.82) is 0 Å². The van der Waals surface area contributed by atoms with Gasteiger partial charge in [0, 0.05) is 0 Å². The first-order valence-electron chi connectivity index (χ1n) is 3.47. The second-order valence-electron chi connectivity index (χ2n) is 2.93. The molecule has 10 heavy (non-hydrogen) atoms. The lowest BCUT2D eigenvalue weighted by Gasteiger charge is -2.39. The smallest absolute Gasteiger partial charge is 0.186 e. The minimum atomic E-state index is -0.566. The van der Waals surface area contributed by atoms with E-state index < -0.39 is 12.4 Å². The minimum absolute atomic E-state index is 0.0819. The quantitative estimate of drug-likeness (QED) is 0.467. The maximum absolute atomic E-state index is 9.33. The predicted molar refractivity (Wildman–Crippen MR) is 29.3 cm³/mol. The Labute approximate surface area is 57.7 Å². The van der Waals surface area contributed by atoms with E-state index in [1.165, 1.54) is 0 Å². The summed E-state index contributed by atoms with van der Waals surface area (Å²) in [6.45, 7) is 0.572. The van der Waals surface area contributed by atoms with Crippen LogP contribution in [0, 0.1) is 0 Å². The Kier molecular flexibility index (Phi) is 0.840. The van der Waals surface area contributed by atoms with Gasteiger partial charge in [-0.3, -0.25) is 0 Å². The summed E-state index contributed by atoms with van der Waals surface area (Å²) in [4.78, 5) is 0. The summed E-state index contributed by atoms with van der Waals surface area (Å²) in [5.74, 6) is 0. The molecule has 1 N–H and O–H groups in total. The summed E-state index contributed by atoms with van der Waals surface area (Å²) in [6.07, 6.45) is -0.915. The molecule has 4 heteroatoms. The number of fused-ring (bicyclic) bond motifs is 1. The summed E-state index contributed by atoms with van der Waals surface area (Å²) in [7, 11) is 0. The first kappa shape index (κ1) is 5.49. The number of aliphatic hydroxyl groups is 1. The van der Waals surface area contributed by atoms with Gasteiger partial charge in [0.2, 0.25) is 0 Å². The lowest BCUT2D eigenvalue weighted by atomic mass is 10.0. The van der Waals surface area contributed by atoms with Gasteiger partial charge >= 0.3 is 0 Å². The van der Waals surface area contributed by atoms with Crippen molar-refractivity contribution in [3.05, 3.63) is 0 Å². The number of rotatable bonds is 0. The summed E-state index contributed by atoms with van der Waals surface area (Å²) in [5, 5.41) is 9.33. The van der Waals surface area contributed by atoms with E-state index in [-0.39, 0.29) is 18.3 Å². The topological polar surface area (TPSA) is 47.9 Å². The normalized spacial score (nSPS) is 63.9. The van der Waals surface area contributed by atoms with Gasteiger partial charge in [0.25, 0.3) is 0 Å². The van der Waals surface area contributed by atoms with Crippen LogP contribution < -0.4 is 0 Å². The third kappa shape index (κ3) is 0.441. The van der Waals surface area contributed by atoms with Gasteiger partial charge in [0.15, 0.2) is 6.29 Å². The predicted octanol–water partition coefficient (Wildman–Crippen LogP) is -1.13. The fraction of sp³-hybridized carbons (Fsp3) is 1.00. The Balaban J connectivity index is 1.95. The van der Waals surface area contributed by atoms with E-state index in [0.29, 0.717) is 6.61 Å². The Bertz CT molecular complexity index is 160. The molecule has 0 aromatic carbocycles. The molecule has 0 amide bonds. The molecular formula is C6H8O4. The molecule has 0 spiro atoms. The third-order valence-electron chi connectivity index (χ3n) is 2.35. The zero-order chi connectivity index (χ0) is 6.72. The average molecular weight is 144 g/mol. The van der Waals surface area contributed by atoms with Crippen molar-refractivity contribution in [3.8, 4) is 0 Å². The van der Waals surface area contributed by atoms with Crippen LogP contribution in [0.5, 0.6) is 0 Å². The van der Waals surface area contributed by atoms with Crippen LogP contribution in [0.4, 0.5) is 0 Å². The van der Waals surface area contributed by atoms with Gasteiger partial charge in [0.1, 0.15) is 24.4 Å². The lowest BCUT2D eigenvalue weighted by molar-refractivity contribution is -0.284. The SMILES string of the molecule is O[C@H]1[C@@H]2OCC3O[C@H]1[C@@H]3O2. The molecule has 3 saturated heterocycles. The first-order chi connectivity index (χ1) is 4.86. The fourth-order valence-corrected chi connectivity index (χ4v) is 1.77. The molecule has 5 atom stereocenters. The van der Waals surface area contributed by atoms with Crippen molar-refractivity contribution in [2.24, 2.45) is 0 Å². The van der Waals surface area contributed by atoms with E-state index in [1.54, 1.807) is 0 Å². The van der Waals surface area contributed by atoms with Gasteiger partial charge in [0.05, 0.1) is 6.61 Å². The lowest BCUT2D eigenvalue weighted by Crippen LogP contribution is -2.56. The van der Waals surface area contributed by atoms with Gasteiger partial charge in [-0.25, -0.2) is 0 Å². The van der Waals surface area contributed by atoms with E-state index in [9.17, 15) is 5.11 Å². The fourth-order valence-electron chi connectivity index (χ4n) is 1.77. The molecule has 2 bridgehead atoms. The molecule has 56 valence electrons. The maximum atomic E-state index is 9.33. The Morgan fingerprint density at radius 2 is 2.10 bits per heavy atom. The first-order valence-corrected chi connectivity index (χ1v) is 3.47. The van der Waals surface area contributed by atoms with Gasteiger partial charge in [-0.15, -0.1) is 0 Å². The second kappa shape index (κ2) is 1.53. The molecule has 3 heterocycles. The molecular weight excluding hydrogens is 136 g/mol. The van der Waals surface area contributed by atoms with E-state index >= 15 is 0 Å². The van der Waals surface area contributed by atoms with Crippen LogP contribution in [-0.4, -0.2) is 42.4 Å². The van der Waals surface area contributed by atoms with Crippen LogP contribution in [0.1, 0.15) is 0 Å². The Hall–Kier alpha value is -0.160. The molecule has 3 rings (SSSR count). The summed E-state index contributed by atoms with van der Waals surface area (Å²) >= 11 is 0. The van der Waals surface area contributed by atoms with Crippen molar-refractivity contribution in [1.82, 2.24) is 0 Å². The van der Waals surface area contributed by atoms with Crippen LogP contribution >= 0.6 is 0 Å². The van der Waals surface area contributed by atoms with Gasteiger partial charge < -0.3 is 19.3 Å². The molecule has 4 nitrogen and oxygen atoms in total. The summed E-state index contributed by atoms with van der Waals surface area (Å²) in [6, 6.07) is 0. The van der Waals surface area contributed by atoms with Gasteiger partial charge in [-0.2, -0.15) is 0 Å². The van der Waals surface area contributed by atoms with E-state index in [0.717, 1.165) is 0 Å². The highest BCUT2D eigenvalue weighted by molar-refractivity contribution is 5.03. The number of aliphatic hydroxyl groups excluding tert-OH is 1. The van der Waals surface area contributed by atoms with Crippen LogP contribution in [0.3, 0.4) is 0 Å². The van der Waals surface area contributed by atoms with Crippen LogP contribution in [0.2, 0.25) is 0 Å². The average Bonchev–Trinajstić information content (AvgIpc) is 2.04. The zero-order valence-electron chi connectivity index (χ0n) is 5.27. The summed E-state index contributed by atoms with van der Waals surface area (Å²) in [5.41, 5.74) is 0. The standard InChI is InChI=1S/C6H8O4/c7-3-5-4-2(9-5)1-8-6(3)10-4/h2-7H,1H2/t2?,3-,4-,5-,6-/m1/s1. The van der Waals surface area contributed by atoms with Crippen LogP contribution in [0.25, 0.3) is 0 Å². The highest BCUT2D eigenvalue weighted by atomic mass is 16.8. The highest BCUT2D eigenvalue weighted by Crippen LogP contribution is 2.40. The number of hydrogen-bond donors (Lipinski definition) is 1. The molecule has 0 aliphatic carbocycles. The van der Waals surface area contributed by atoms with Crippen molar-refractivity contribution >= 4 is 0 Å². The van der Waals surface area contributed by atoms with E-state index in [2.05, 4.69) is 0 Å². The molecule has 3 aliphatic heterocycles. The maximum Gasteiger partial charge on any atom is 0.186 e. The Morgan fingerprint density at radius 3 is 2.90 bits per heavy atom. The van der Waals surface area contributed by atoms with Crippen molar-refractivity contribution in [3.63, 3.8) is 0 Å². The minimum Gasteiger partial charge on any atom is -0.385 e. The molecule has 0 saturated carbocycles.